The fraction of sp³-hybridized carbons (Fsp3) is 0.286. The molecular weight excluding hydrogens is 379 g/mol. The zero-order chi connectivity index (χ0) is 19.0. The molecule has 2 heterocycles. The molecule has 3 aromatic rings. The Hall–Kier alpha value is -1.85. The summed E-state index contributed by atoms with van der Waals surface area (Å²) < 4.78 is 0. The van der Waals surface area contributed by atoms with E-state index in [0.717, 1.165) is 54.4 Å². The summed E-state index contributed by atoms with van der Waals surface area (Å²) in [6.45, 7) is 2.99. The van der Waals surface area contributed by atoms with Crippen molar-refractivity contribution < 1.29 is 0 Å². The number of piperidine rings is 1. The average molecular weight is 401 g/mol. The lowest BCUT2D eigenvalue weighted by molar-refractivity contribution is 0.206. The van der Waals surface area contributed by atoms with Gasteiger partial charge in [0.25, 0.3) is 0 Å². The van der Waals surface area contributed by atoms with E-state index in [4.69, 9.17) is 34.7 Å². The molecular formula is C21H22Cl2N4. The maximum absolute atomic E-state index is 6.22. The molecule has 0 atom stereocenters. The van der Waals surface area contributed by atoms with Crippen molar-refractivity contribution in [2.24, 2.45) is 5.73 Å². The van der Waals surface area contributed by atoms with E-state index in [1.807, 2.05) is 18.2 Å². The molecule has 0 amide bonds. The normalized spacial score (nSPS) is 16.1. The quantitative estimate of drug-likeness (QED) is 0.667. The summed E-state index contributed by atoms with van der Waals surface area (Å²) in [4.78, 5) is 6.82. The van der Waals surface area contributed by atoms with E-state index < -0.39 is 0 Å². The summed E-state index contributed by atoms with van der Waals surface area (Å²) in [6.07, 6.45) is 3.92. The van der Waals surface area contributed by atoms with Gasteiger partial charge in [0.05, 0.1) is 10.0 Å². The number of nitrogens with two attached hydrogens (primary N) is 2. The van der Waals surface area contributed by atoms with Crippen LogP contribution in [-0.2, 0) is 6.54 Å². The zero-order valence-corrected chi connectivity index (χ0v) is 16.5. The SMILES string of the molecule is Nc1ncc(-c2ccc(Cl)c(Cl)c2)c2cc(CN3CCC(N)CC3)ccc12. The highest BCUT2D eigenvalue weighted by Gasteiger charge is 2.17. The molecule has 2 aromatic carbocycles. The third-order valence-corrected chi connectivity index (χ3v) is 5.99. The third-order valence-electron chi connectivity index (χ3n) is 5.25. The van der Waals surface area contributed by atoms with Gasteiger partial charge in [0.1, 0.15) is 5.82 Å². The Morgan fingerprint density at radius 1 is 1.00 bits per heavy atom. The van der Waals surface area contributed by atoms with E-state index in [2.05, 4.69) is 28.1 Å². The van der Waals surface area contributed by atoms with Crippen LogP contribution in [0, 0.1) is 0 Å². The highest BCUT2D eigenvalue weighted by molar-refractivity contribution is 6.42. The van der Waals surface area contributed by atoms with E-state index in [1.54, 1.807) is 6.20 Å². The van der Waals surface area contributed by atoms with Crippen molar-refractivity contribution in [3.05, 3.63) is 58.2 Å². The summed E-state index contributed by atoms with van der Waals surface area (Å²) in [7, 11) is 0. The Kier molecular flexibility index (Phi) is 5.24. The number of hydrogen-bond acceptors (Lipinski definition) is 4. The Balaban J connectivity index is 1.73. The maximum Gasteiger partial charge on any atom is 0.131 e. The van der Waals surface area contributed by atoms with Gasteiger partial charge in [-0.2, -0.15) is 0 Å². The number of likely N-dealkylation sites (tertiary alicyclic amines) is 1. The monoisotopic (exact) mass is 400 g/mol. The van der Waals surface area contributed by atoms with Crippen LogP contribution in [0.1, 0.15) is 18.4 Å². The Morgan fingerprint density at radius 3 is 2.52 bits per heavy atom. The fourth-order valence-electron chi connectivity index (χ4n) is 3.67. The van der Waals surface area contributed by atoms with E-state index in [9.17, 15) is 0 Å². The Bertz CT molecular complexity index is 981. The number of anilines is 1. The molecule has 1 aromatic heterocycles. The molecule has 27 heavy (non-hydrogen) atoms. The minimum Gasteiger partial charge on any atom is -0.383 e. The first-order valence-electron chi connectivity index (χ1n) is 9.12. The van der Waals surface area contributed by atoms with Crippen molar-refractivity contribution in [2.45, 2.75) is 25.4 Å². The van der Waals surface area contributed by atoms with Crippen LogP contribution in [0.5, 0.6) is 0 Å². The molecule has 0 unspecified atom stereocenters. The van der Waals surface area contributed by atoms with E-state index in [-0.39, 0.29) is 0 Å². The third kappa shape index (κ3) is 3.90. The summed E-state index contributed by atoms with van der Waals surface area (Å²) in [6, 6.07) is 12.4. The fourth-order valence-corrected chi connectivity index (χ4v) is 3.97. The lowest BCUT2D eigenvalue weighted by Crippen LogP contribution is -2.39. The summed E-state index contributed by atoms with van der Waals surface area (Å²) in [5, 5.41) is 3.09. The summed E-state index contributed by atoms with van der Waals surface area (Å²) in [5.41, 5.74) is 15.4. The van der Waals surface area contributed by atoms with Crippen LogP contribution in [0.15, 0.2) is 42.6 Å². The minimum atomic E-state index is 0.338. The van der Waals surface area contributed by atoms with Crippen molar-refractivity contribution >= 4 is 39.8 Å². The molecule has 4 N–H and O–H groups in total. The number of nitrogens with zero attached hydrogens (tertiary/aromatic N) is 2. The van der Waals surface area contributed by atoms with Crippen LogP contribution in [0.4, 0.5) is 5.82 Å². The smallest absolute Gasteiger partial charge is 0.131 e. The summed E-state index contributed by atoms with van der Waals surface area (Å²) >= 11 is 12.3. The molecule has 1 aliphatic rings. The molecule has 0 radical (unpaired) electrons. The second kappa shape index (κ2) is 7.64. The first-order chi connectivity index (χ1) is 13.0. The number of fused-ring (bicyclic) bond motifs is 1. The highest BCUT2D eigenvalue weighted by Crippen LogP contribution is 2.34. The van der Waals surface area contributed by atoms with Gasteiger partial charge in [0, 0.05) is 29.7 Å². The topological polar surface area (TPSA) is 68.2 Å². The average Bonchev–Trinajstić information content (AvgIpc) is 2.66. The summed E-state index contributed by atoms with van der Waals surface area (Å²) in [5.74, 6) is 0.532. The molecule has 0 aliphatic carbocycles. The van der Waals surface area contributed by atoms with Crippen LogP contribution in [0.2, 0.25) is 10.0 Å². The van der Waals surface area contributed by atoms with Gasteiger partial charge < -0.3 is 11.5 Å². The van der Waals surface area contributed by atoms with Crippen molar-refractivity contribution in [2.75, 3.05) is 18.8 Å². The first kappa shape index (κ1) is 18.5. The number of benzene rings is 2. The van der Waals surface area contributed by atoms with E-state index in [0.29, 0.717) is 21.9 Å². The van der Waals surface area contributed by atoms with Crippen LogP contribution in [-0.4, -0.2) is 29.0 Å². The number of halogens is 2. The van der Waals surface area contributed by atoms with E-state index >= 15 is 0 Å². The van der Waals surface area contributed by atoms with Crippen LogP contribution >= 0.6 is 23.2 Å². The number of aromatic nitrogens is 1. The molecule has 0 bridgehead atoms. The van der Waals surface area contributed by atoms with Gasteiger partial charge in [0.2, 0.25) is 0 Å². The second-order valence-electron chi connectivity index (χ2n) is 7.18. The van der Waals surface area contributed by atoms with E-state index in [1.165, 1.54) is 5.56 Å². The first-order valence-corrected chi connectivity index (χ1v) is 9.87. The van der Waals surface area contributed by atoms with Crippen molar-refractivity contribution in [1.29, 1.82) is 0 Å². The number of hydrogen-bond donors (Lipinski definition) is 2. The van der Waals surface area contributed by atoms with Gasteiger partial charge in [-0.05, 0) is 60.6 Å². The predicted molar refractivity (Wildman–Crippen MR) is 114 cm³/mol. The largest absolute Gasteiger partial charge is 0.383 e. The van der Waals surface area contributed by atoms with Crippen molar-refractivity contribution in [3.63, 3.8) is 0 Å². The minimum absolute atomic E-state index is 0.338. The van der Waals surface area contributed by atoms with Gasteiger partial charge in [-0.25, -0.2) is 4.98 Å². The van der Waals surface area contributed by atoms with Crippen LogP contribution in [0.3, 0.4) is 0 Å². The Labute approximate surface area is 169 Å². The van der Waals surface area contributed by atoms with Gasteiger partial charge in [-0.1, -0.05) is 41.4 Å². The lowest BCUT2D eigenvalue weighted by atomic mass is 9.98. The highest BCUT2D eigenvalue weighted by atomic mass is 35.5. The number of pyridine rings is 1. The number of nitrogen functional groups attached to an aromatic ring is 1. The predicted octanol–water partition coefficient (Wildman–Crippen LogP) is 4.71. The van der Waals surface area contributed by atoms with Crippen molar-refractivity contribution in [1.82, 2.24) is 9.88 Å². The Morgan fingerprint density at radius 2 is 1.78 bits per heavy atom. The second-order valence-corrected chi connectivity index (χ2v) is 7.99. The molecule has 140 valence electrons. The number of rotatable bonds is 3. The lowest BCUT2D eigenvalue weighted by Gasteiger charge is -2.30. The van der Waals surface area contributed by atoms with Gasteiger partial charge in [-0.15, -0.1) is 0 Å². The molecule has 0 saturated carbocycles. The standard InChI is InChI=1S/C21H22Cl2N4/c22-19-4-2-14(10-20(19)23)18-11-26-21(25)16-3-1-13(9-17(16)18)12-27-7-5-15(24)6-8-27/h1-4,9-11,15H,5-8,12,24H2,(H2,25,26). The van der Waals surface area contributed by atoms with Crippen LogP contribution in [0.25, 0.3) is 21.9 Å². The van der Waals surface area contributed by atoms with Gasteiger partial charge in [0.15, 0.2) is 0 Å². The molecule has 1 fully saturated rings. The van der Waals surface area contributed by atoms with Gasteiger partial charge >= 0.3 is 0 Å². The van der Waals surface area contributed by atoms with Crippen molar-refractivity contribution in [3.8, 4) is 11.1 Å². The molecule has 0 spiro atoms. The maximum atomic E-state index is 6.22. The van der Waals surface area contributed by atoms with Gasteiger partial charge in [-0.3, -0.25) is 4.90 Å². The van der Waals surface area contributed by atoms with Crippen LogP contribution < -0.4 is 11.5 Å². The molecule has 1 aliphatic heterocycles. The molecule has 1 saturated heterocycles. The molecule has 4 nitrogen and oxygen atoms in total. The molecule has 6 heteroatoms. The zero-order valence-electron chi connectivity index (χ0n) is 15.0. The molecule has 4 rings (SSSR count).